The lowest BCUT2D eigenvalue weighted by Gasteiger charge is -2.66. The number of hydrogen-bond donors (Lipinski definition) is 1. The number of aromatic hydroxyl groups is 1. The van der Waals surface area contributed by atoms with Gasteiger partial charge < -0.3 is 14.6 Å². The van der Waals surface area contributed by atoms with Gasteiger partial charge in [0.2, 0.25) is 0 Å². The molecular weight excluding hydrogens is 486 g/mol. The van der Waals surface area contributed by atoms with E-state index in [1.807, 2.05) is 6.07 Å². The molecule has 1 amide bonds. The third-order valence-corrected chi connectivity index (χ3v) is 11.4. The fourth-order valence-electron chi connectivity index (χ4n) is 10.1. The van der Waals surface area contributed by atoms with Crippen LogP contribution in [0.1, 0.15) is 60.1 Å². The summed E-state index contributed by atoms with van der Waals surface area (Å²) in [5.74, 6) is 2.19. The van der Waals surface area contributed by atoms with Crippen LogP contribution in [0.3, 0.4) is 0 Å². The molecule has 2 aromatic rings. The molecule has 4 aliphatic carbocycles. The average molecular weight is 522 g/mol. The maximum absolute atomic E-state index is 13.9. The SMILES string of the molecule is Cl.Cn1c(C(=O)N2C[C@H]3C[C@@]45CC[C@@H]2[C@@H]3[C@@]42CCN(CC3CC3)[C@@H]5Cc3ccc(O)cc32)cccc1=O. The summed E-state index contributed by atoms with van der Waals surface area (Å²) >= 11 is 0. The molecule has 37 heavy (non-hydrogen) atoms. The molecule has 7 heteroatoms. The van der Waals surface area contributed by atoms with Gasteiger partial charge in [-0.2, -0.15) is 0 Å². The monoisotopic (exact) mass is 521 g/mol. The van der Waals surface area contributed by atoms with Gasteiger partial charge in [0, 0.05) is 43.7 Å². The molecule has 3 saturated carbocycles. The van der Waals surface area contributed by atoms with E-state index in [0.29, 0.717) is 29.3 Å². The number of likely N-dealkylation sites (tertiary alicyclic amines) is 2. The Bertz CT molecular complexity index is 1350. The van der Waals surface area contributed by atoms with Gasteiger partial charge in [-0.05, 0) is 104 Å². The number of carbonyl (C=O) groups is 1. The van der Waals surface area contributed by atoms with Gasteiger partial charge in [0.05, 0.1) is 0 Å². The topological polar surface area (TPSA) is 65.8 Å². The smallest absolute Gasteiger partial charge is 0.270 e. The Hall–Kier alpha value is -2.31. The first-order valence-corrected chi connectivity index (χ1v) is 14.0. The maximum Gasteiger partial charge on any atom is 0.270 e. The number of nitrogens with zero attached hydrogens (tertiary/aromatic N) is 3. The summed E-state index contributed by atoms with van der Waals surface area (Å²) in [6.07, 6.45) is 8.41. The van der Waals surface area contributed by atoms with Crippen LogP contribution in [0.5, 0.6) is 5.75 Å². The van der Waals surface area contributed by atoms with Crippen molar-refractivity contribution in [3.63, 3.8) is 0 Å². The third-order valence-electron chi connectivity index (χ3n) is 11.4. The number of benzene rings is 1. The Balaban J connectivity index is 0.00000231. The second-order valence-corrected chi connectivity index (χ2v) is 12.7. The minimum absolute atomic E-state index is 0. The number of aromatic nitrogens is 1. The molecule has 1 N–H and O–H groups in total. The molecule has 6 nitrogen and oxygen atoms in total. The second-order valence-electron chi connectivity index (χ2n) is 12.7. The summed E-state index contributed by atoms with van der Waals surface area (Å²) in [7, 11) is 1.71. The lowest BCUT2D eigenvalue weighted by atomic mass is 9.43. The lowest BCUT2D eigenvalue weighted by Crippen LogP contribution is -2.70. The van der Waals surface area contributed by atoms with Gasteiger partial charge in [0.1, 0.15) is 11.4 Å². The Kier molecular flexibility index (Phi) is 5.05. The fraction of sp³-hybridized carbons (Fsp3) is 0.600. The van der Waals surface area contributed by atoms with Crippen molar-refractivity contribution >= 4 is 18.3 Å². The zero-order chi connectivity index (χ0) is 24.4. The van der Waals surface area contributed by atoms with Gasteiger partial charge in [0.25, 0.3) is 11.5 Å². The number of fused-ring (bicyclic) bond motifs is 1. The number of amides is 1. The lowest BCUT2D eigenvalue weighted by molar-refractivity contribution is -0.102. The molecule has 6 atom stereocenters. The number of carbonyl (C=O) groups excluding carboxylic acids is 1. The summed E-state index contributed by atoms with van der Waals surface area (Å²) in [6.45, 7) is 3.18. The fourth-order valence-corrected chi connectivity index (χ4v) is 10.1. The van der Waals surface area contributed by atoms with Gasteiger partial charge in [-0.25, -0.2) is 0 Å². The molecule has 5 fully saturated rings. The number of phenols is 1. The van der Waals surface area contributed by atoms with Crippen molar-refractivity contribution in [3.05, 3.63) is 63.6 Å². The molecule has 2 aliphatic heterocycles. The van der Waals surface area contributed by atoms with Crippen molar-refractivity contribution in [2.75, 3.05) is 19.6 Å². The van der Waals surface area contributed by atoms with E-state index in [1.54, 1.807) is 19.2 Å². The van der Waals surface area contributed by atoms with Crippen molar-refractivity contribution in [1.82, 2.24) is 14.4 Å². The number of piperidine rings is 1. The average Bonchev–Trinajstić information content (AvgIpc) is 3.56. The summed E-state index contributed by atoms with van der Waals surface area (Å²) in [4.78, 5) is 31.1. The number of phenolic OH excluding ortho intramolecular Hbond substituents is 1. The molecule has 3 heterocycles. The number of hydrogen-bond acceptors (Lipinski definition) is 4. The van der Waals surface area contributed by atoms with Crippen LogP contribution in [-0.2, 0) is 18.9 Å². The number of pyridine rings is 1. The van der Waals surface area contributed by atoms with Gasteiger partial charge in [-0.15, -0.1) is 12.4 Å². The quantitative estimate of drug-likeness (QED) is 0.668. The Labute approximate surface area is 224 Å². The first-order valence-electron chi connectivity index (χ1n) is 14.0. The summed E-state index contributed by atoms with van der Waals surface area (Å²) < 4.78 is 1.50. The first kappa shape index (κ1) is 23.8. The van der Waals surface area contributed by atoms with Crippen LogP contribution in [0.15, 0.2) is 41.2 Å². The first-order chi connectivity index (χ1) is 17.4. The predicted octanol–water partition coefficient (Wildman–Crippen LogP) is 3.73. The molecule has 0 radical (unpaired) electrons. The zero-order valence-electron chi connectivity index (χ0n) is 21.4. The molecule has 6 aliphatic rings. The van der Waals surface area contributed by atoms with Gasteiger partial charge in [0.15, 0.2) is 0 Å². The highest BCUT2D eigenvalue weighted by Crippen LogP contribution is 2.75. The minimum atomic E-state index is -0.135. The summed E-state index contributed by atoms with van der Waals surface area (Å²) in [5.41, 5.74) is 3.46. The highest BCUT2D eigenvalue weighted by Gasteiger charge is 2.76. The standard InChI is InChI=1S/C30H35N3O3.ClH/c1-31-24(3-2-4-26(31)35)28(36)33-17-20-15-29-10-9-23(33)27(20)30(29)11-12-32(16-18-5-6-18)25(29)13-19-7-8-21(34)14-22(19)30;/h2-4,7-8,14,18,20,23,25,27,34H,5-6,9-13,15-17H2,1H3;1H/t20-,23-,25-,27-,29-,30+;/m1./s1. The molecular formula is C30H36ClN3O3. The van der Waals surface area contributed by atoms with E-state index in [-0.39, 0.29) is 40.7 Å². The summed E-state index contributed by atoms with van der Waals surface area (Å²) in [5, 5.41) is 10.6. The number of halogens is 1. The predicted molar refractivity (Wildman–Crippen MR) is 143 cm³/mol. The van der Waals surface area contributed by atoms with Crippen LogP contribution in [-0.4, -0.2) is 57.1 Å². The maximum atomic E-state index is 13.9. The zero-order valence-corrected chi connectivity index (χ0v) is 22.3. The van der Waals surface area contributed by atoms with E-state index in [0.717, 1.165) is 44.7 Å². The van der Waals surface area contributed by atoms with E-state index in [4.69, 9.17) is 0 Å². The van der Waals surface area contributed by atoms with Crippen molar-refractivity contribution in [2.24, 2.45) is 30.2 Å². The molecule has 2 saturated heterocycles. The van der Waals surface area contributed by atoms with E-state index >= 15 is 0 Å². The van der Waals surface area contributed by atoms with Gasteiger partial charge in [-0.3, -0.25) is 14.5 Å². The van der Waals surface area contributed by atoms with Crippen molar-refractivity contribution < 1.29 is 9.90 Å². The van der Waals surface area contributed by atoms with Crippen molar-refractivity contribution in [3.8, 4) is 5.75 Å². The van der Waals surface area contributed by atoms with Crippen LogP contribution < -0.4 is 5.56 Å². The van der Waals surface area contributed by atoms with Crippen molar-refractivity contribution in [2.45, 2.75) is 62.4 Å². The molecule has 8 rings (SSSR count). The molecule has 0 spiro atoms. The molecule has 1 aromatic heterocycles. The van der Waals surface area contributed by atoms with E-state index < -0.39 is 0 Å². The van der Waals surface area contributed by atoms with Crippen LogP contribution in [0.4, 0.5) is 0 Å². The van der Waals surface area contributed by atoms with Crippen molar-refractivity contribution in [1.29, 1.82) is 0 Å². The molecule has 196 valence electrons. The Morgan fingerprint density at radius 1 is 1.14 bits per heavy atom. The normalized spacial score (nSPS) is 37.1. The van der Waals surface area contributed by atoms with Crippen LogP contribution in [0, 0.1) is 23.2 Å². The molecule has 1 aromatic carbocycles. The van der Waals surface area contributed by atoms with Crippen LogP contribution in [0.2, 0.25) is 0 Å². The molecule has 4 bridgehead atoms. The van der Waals surface area contributed by atoms with E-state index in [9.17, 15) is 14.7 Å². The second kappa shape index (κ2) is 7.86. The van der Waals surface area contributed by atoms with E-state index in [1.165, 1.54) is 47.6 Å². The van der Waals surface area contributed by atoms with Crippen LogP contribution in [0.25, 0.3) is 0 Å². The largest absolute Gasteiger partial charge is 0.508 e. The highest BCUT2D eigenvalue weighted by atomic mass is 35.5. The van der Waals surface area contributed by atoms with Gasteiger partial charge in [-0.1, -0.05) is 12.1 Å². The Morgan fingerprint density at radius 3 is 2.78 bits per heavy atom. The minimum Gasteiger partial charge on any atom is -0.508 e. The third kappa shape index (κ3) is 2.92. The highest BCUT2D eigenvalue weighted by molar-refractivity contribution is 5.93. The summed E-state index contributed by atoms with van der Waals surface area (Å²) in [6, 6.07) is 12.0. The Morgan fingerprint density at radius 2 is 1.97 bits per heavy atom. The number of rotatable bonds is 3. The molecule has 0 unspecified atom stereocenters. The van der Waals surface area contributed by atoms with Crippen LogP contribution >= 0.6 is 12.4 Å². The van der Waals surface area contributed by atoms with Gasteiger partial charge >= 0.3 is 0 Å². The van der Waals surface area contributed by atoms with E-state index in [2.05, 4.69) is 21.9 Å².